The van der Waals surface area contributed by atoms with Gasteiger partial charge in [0, 0.05) is 31.2 Å². The number of hydrogen-bond donors (Lipinski definition) is 2. The summed E-state index contributed by atoms with van der Waals surface area (Å²) in [7, 11) is 0. The molecule has 0 radical (unpaired) electrons. The molecule has 1 unspecified atom stereocenters. The topological polar surface area (TPSA) is 61.8 Å². The summed E-state index contributed by atoms with van der Waals surface area (Å²) in [5.41, 5.74) is 1.74. The molecule has 1 amide bonds. The molecule has 2 fully saturated rings. The number of nitrogens with one attached hydrogen (secondary N) is 1. The number of hydrogen-bond acceptors (Lipinski definition) is 4. The number of benzene rings is 1. The van der Waals surface area contributed by atoms with Crippen LogP contribution in [0, 0.1) is 11.8 Å². The van der Waals surface area contributed by atoms with Crippen LogP contribution >= 0.6 is 0 Å². The van der Waals surface area contributed by atoms with E-state index >= 15 is 0 Å². The smallest absolute Gasteiger partial charge is 0.227 e. The second kappa shape index (κ2) is 11.7. The van der Waals surface area contributed by atoms with Crippen molar-refractivity contribution in [1.29, 1.82) is 0 Å². The summed E-state index contributed by atoms with van der Waals surface area (Å²) in [4.78, 5) is 14.9. The van der Waals surface area contributed by atoms with E-state index in [0.717, 1.165) is 62.9 Å². The first kappa shape index (κ1) is 22.3. The number of ether oxygens (including phenoxy) is 1. The number of amides is 1. The van der Waals surface area contributed by atoms with E-state index in [4.69, 9.17) is 4.74 Å². The van der Waals surface area contributed by atoms with Gasteiger partial charge in [-0.05, 0) is 55.7 Å². The third-order valence-electron chi connectivity index (χ3n) is 6.57. The maximum atomic E-state index is 12.6. The van der Waals surface area contributed by atoms with Gasteiger partial charge in [0.2, 0.25) is 5.91 Å². The highest BCUT2D eigenvalue weighted by atomic mass is 16.5. The largest absolute Gasteiger partial charge is 0.388 e. The van der Waals surface area contributed by atoms with Crippen LogP contribution in [0.5, 0.6) is 0 Å². The molecule has 29 heavy (non-hydrogen) atoms. The van der Waals surface area contributed by atoms with Gasteiger partial charge in [0.15, 0.2) is 0 Å². The second-order valence-corrected chi connectivity index (χ2v) is 8.73. The molecule has 2 N–H and O–H groups in total. The molecule has 1 saturated carbocycles. The second-order valence-electron chi connectivity index (χ2n) is 8.73. The molecule has 1 saturated heterocycles. The van der Waals surface area contributed by atoms with Crippen LogP contribution < -0.4 is 5.32 Å². The van der Waals surface area contributed by atoms with Crippen LogP contribution in [-0.2, 0) is 9.53 Å². The van der Waals surface area contributed by atoms with Crippen molar-refractivity contribution in [2.45, 2.75) is 64.4 Å². The van der Waals surface area contributed by atoms with Crippen molar-refractivity contribution in [3.05, 3.63) is 29.8 Å². The molecule has 3 rings (SSSR count). The SMILES string of the molecule is CCCCC1CCC(C(=O)Nc2ccc(C(O)CCN3CCOCC3)cc2)CC1. The van der Waals surface area contributed by atoms with Gasteiger partial charge in [-0.2, -0.15) is 0 Å². The summed E-state index contributed by atoms with van der Waals surface area (Å²) >= 11 is 0. The average Bonchev–Trinajstić information content (AvgIpc) is 2.77. The number of rotatable bonds is 9. The molecule has 0 aromatic heterocycles. The zero-order chi connectivity index (χ0) is 20.5. The van der Waals surface area contributed by atoms with Gasteiger partial charge in [0.1, 0.15) is 0 Å². The van der Waals surface area contributed by atoms with Crippen molar-refractivity contribution < 1.29 is 14.6 Å². The Morgan fingerprint density at radius 2 is 1.86 bits per heavy atom. The van der Waals surface area contributed by atoms with Crippen molar-refractivity contribution in [2.75, 3.05) is 38.2 Å². The molecule has 1 aromatic rings. The molecule has 5 heteroatoms. The Hall–Kier alpha value is -1.43. The summed E-state index contributed by atoms with van der Waals surface area (Å²) < 4.78 is 5.36. The Bertz CT molecular complexity index is 605. The molecular formula is C24H38N2O3. The van der Waals surface area contributed by atoms with Crippen LogP contribution in [0.25, 0.3) is 0 Å². The lowest BCUT2D eigenvalue weighted by Gasteiger charge is -2.28. The molecule has 1 atom stereocenters. The number of aliphatic hydroxyl groups is 1. The first-order valence-corrected chi connectivity index (χ1v) is 11.5. The van der Waals surface area contributed by atoms with Crippen LogP contribution in [0.15, 0.2) is 24.3 Å². The normalized spacial score (nSPS) is 24.2. The third kappa shape index (κ3) is 7.09. The van der Waals surface area contributed by atoms with Crippen molar-refractivity contribution in [3.8, 4) is 0 Å². The number of aliphatic hydroxyl groups excluding tert-OH is 1. The molecule has 1 aliphatic heterocycles. The fourth-order valence-electron chi connectivity index (χ4n) is 4.54. The lowest BCUT2D eigenvalue weighted by molar-refractivity contribution is -0.121. The maximum Gasteiger partial charge on any atom is 0.227 e. The van der Waals surface area contributed by atoms with Crippen LogP contribution in [0.2, 0.25) is 0 Å². The Morgan fingerprint density at radius 1 is 1.17 bits per heavy atom. The molecular weight excluding hydrogens is 364 g/mol. The molecule has 1 aliphatic carbocycles. The zero-order valence-corrected chi connectivity index (χ0v) is 17.9. The van der Waals surface area contributed by atoms with Gasteiger partial charge in [-0.3, -0.25) is 9.69 Å². The quantitative estimate of drug-likeness (QED) is 0.644. The number of anilines is 1. The van der Waals surface area contributed by atoms with E-state index in [9.17, 15) is 9.90 Å². The van der Waals surface area contributed by atoms with Gasteiger partial charge >= 0.3 is 0 Å². The molecule has 5 nitrogen and oxygen atoms in total. The van der Waals surface area contributed by atoms with Crippen molar-refractivity contribution in [1.82, 2.24) is 4.90 Å². The van der Waals surface area contributed by atoms with Gasteiger partial charge < -0.3 is 15.2 Å². The van der Waals surface area contributed by atoms with E-state index in [0.29, 0.717) is 6.42 Å². The fourth-order valence-corrected chi connectivity index (χ4v) is 4.54. The van der Waals surface area contributed by atoms with Crippen molar-refractivity contribution in [3.63, 3.8) is 0 Å². The Balaban J connectivity index is 1.41. The fraction of sp³-hybridized carbons (Fsp3) is 0.708. The monoisotopic (exact) mass is 402 g/mol. The molecule has 162 valence electrons. The molecule has 2 aliphatic rings. The van der Waals surface area contributed by atoms with Gasteiger partial charge in [0.05, 0.1) is 19.3 Å². The zero-order valence-electron chi connectivity index (χ0n) is 17.9. The standard InChI is InChI=1S/C24H38N2O3/c1-2-3-4-19-5-7-21(8-6-19)24(28)25-22-11-9-20(10-12-22)23(27)13-14-26-15-17-29-18-16-26/h9-12,19,21,23,27H,2-8,13-18H2,1H3,(H,25,28). The van der Waals surface area contributed by atoms with E-state index in [1.54, 1.807) is 0 Å². The van der Waals surface area contributed by atoms with E-state index in [1.807, 2.05) is 24.3 Å². The minimum absolute atomic E-state index is 0.145. The van der Waals surface area contributed by atoms with Gasteiger partial charge in [-0.1, -0.05) is 38.3 Å². The first-order chi connectivity index (χ1) is 14.2. The van der Waals surface area contributed by atoms with Crippen LogP contribution in [0.3, 0.4) is 0 Å². The molecule has 1 aromatic carbocycles. The Labute approximate surface area is 175 Å². The van der Waals surface area contributed by atoms with E-state index in [1.165, 1.54) is 32.1 Å². The van der Waals surface area contributed by atoms with E-state index < -0.39 is 6.10 Å². The highest BCUT2D eigenvalue weighted by Crippen LogP contribution is 2.32. The number of morpholine rings is 1. The summed E-state index contributed by atoms with van der Waals surface area (Å²) in [6.45, 7) is 6.57. The van der Waals surface area contributed by atoms with Crippen molar-refractivity contribution in [2.24, 2.45) is 11.8 Å². The van der Waals surface area contributed by atoms with Crippen LogP contribution in [-0.4, -0.2) is 48.8 Å². The third-order valence-corrected chi connectivity index (χ3v) is 6.57. The Morgan fingerprint density at radius 3 is 2.52 bits per heavy atom. The number of nitrogens with zero attached hydrogens (tertiary/aromatic N) is 1. The number of carbonyl (C=O) groups excluding carboxylic acids is 1. The average molecular weight is 403 g/mol. The predicted octanol–water partition coefficient (Wildman–Crippen LogP) is 4.38. The van der Waals surface area contributed by atoms with Gasteiger partial charge in [-0.25, -0.2) is 0 Å². The number of unbranched alkanes of at least 4 members (excludes halogenated alkanes) is 1. The summed E-state index contributed by atoms with van der Waals surface area (Å²) in [6.07, 6.45) is 8.54. The summed E-state index contributed by atoms with van der Waals surface area (Å²) in [6, 6.07) is 7.69. The summed E-state index contributed by atoms with van der Waals surface area (Å²) in [5.74, 6) is 1.11. The van der Waals surface area contributed by atoms with E-state index in [-0.39, 0.29) is 11.8 Å². The van der Waals surface area contributed by atoms with E-state index in [2.05, 4.69) is 17.1 Å². The van der Waals surface area contributed by atoms with Gasteiger partial charge in [0.25, 0.3) is 0 Å². The Kier molecular flexibility index (Phi) is 8.96. The maximum absolute atomic E-state index is 12.6. The lowest BCUT2D eigenvalue weighted by Crippen LogP contribution is -2.37. The van der Waals surface area contributed by atoms with Crippen LogP contribution in [0.1, 0.15) is 70.0 Å². The predicted molar refractivity (Wildman–Crippen MR) is 117 cm³/mol. The highest BCUT2D eigenvalue weighted by Gasteiger charge is 2.26. The first-order valence-electron chi connectivity index (χ1n) is 11.5. The summed E-state index contributed by atoms with van der Waals surface area (Å²) in [5, 5.41) is 13.5. The minimum atomic E-state index is -0.471. The van der Waals surface area contributed by atoms with Crippen LogP contribution in [0.4, 0.5) is 5.69 Å². The lowest BCUT2D eigenvalue weighted by atomic mass is 9.79. The highest BCUT2D eigenvalue weighted by molar-refractivity contribution is 5.92. The van der Waals surface area contributed by atoms with Gasteiger partial charge in [-0.15, -0.1) is 0 Å². The number of carbonyl (C=O) groups is 1. The minimum Gasteiger partial charge on any atom is -0.388 e. The molecule has 1 heterocycles. The van der Waals surface area contributed by atoms with Crippen molar-refractivity contribution >= 4 is 11.6 Å². The molecule has 0 spiro atoms. The molecule has 0 bridgehead atoms.